The van der Waals surface area contributed by atoms with Crippen molar-refractivity contribution in [2.45, 2.75) is 121 Å². The third-order valence-electron chi connectivity index (χ3n) is 9.68. The Balaban J connectivity index is 1.47. The maximum Gasteiger partial charge on any atom is 0.466 e. The lowest BCUT2D eigenvalue weighted by molar-refractivity contribution is -0.224. The van der Waals surface area contributed by atoms with E-state index < -0.39 is 30.5 Å². The summed E-state index contributed by atoms with van der Waals surface area (Å²) in [6.45, 7) is 9.97. The highest BCUT2D eigenvalue weighted by Gasteiger charge is 2.60. The van der Waals surface area contributed by atoms with Gasteiger partial charge in [-0.05, 0) is 57.2 Å². The van der Waals surface area contributed by atoms with Crippen LogP contribution in [0.15, 0.2) is 91.0 Å². The van der Waals surface area contributed by atoms with E-state index in [1.54, 1.807) is 0 Å². The number of nitriles is 1. The van der Waals surface area contributed by atoms with Crippen LogP contribution in [0.1, 0.15) is 76.5 Å². The molecule has 2 aliphatic heterocycles. The molecule has 5 rings (SSSR count). The third kappa shape index (κ3) is 9.54. The van der Waals surface area contributed by atoms with E-state index in [2.05, 4.69) is 70.2 Å². The van der Waals surface area contributed by atoms with Crippen LogP contribution in [0.3, 0.4) is 0 Å². The highest BCUT2D eigenvalue weighted by molar-refractivity contribution is 6.48. The van der Waals surface area contributed by atoms with Gasteiger partial charge in [0.15, 0.2) is 0 Å². The Hall–Kier alpha value is -3.03. The number of ether oxygens (including phenoxy) is 4. The van der Waals surface area contributed by atoms with E-state index in [4.69, 9.17) is 33.5 Å². The van der Waals surface area contributed by atoms with E-state index in [0.29, 0.717) is 32.8 Å². The van der Waals surface area contributed by atoms with Crippen molar-refractivity contribution in [1.29, 1.82) is 5.26 Å². The van der Waals surface area contributed by atoms with Gasteiger partial charge in [-0.1, -0.05) is 104 Å². The van der Waals surface area contributed by atoms with Crippen molar-refractivity contribution in [1.82, 2.24) is 0 Å². The van der Waals surface area contributed by atoms with Crippen LogP contribution in [0, 0.1) is 11.3 Å². The molecule has 0 saturated carbocycles. The van der Waals surface area contributed by atoms with E-state index in [9.17, 15) is 0 Å². The summed E-state index contributed by atoms with van der Waals surface area (Å²) in [6, 6.07) is 32.9. The first-order valence-electron chi connectivity index (χ1n) is 17.1. The van der Waals surface area contributed by atoms with E-state index in [1.165, 1.54) is 0 Å². The molecule has 0 amide bonds. The highest BCUT2D eigenvalue weighted by atomic mass is 16.7. The van der Waals surface area contributed by atoms with Crippen LogP contribution >= 0.6 is 0 Å². The Morgan fingerprint density at radius 2 is 1.17 bits per heavy atom. The van der Waals surface area contributed by atoms with Crippen molar-refractivity contribution in [3.8, 4) is 6.07 Å². The molecule has 2 heterocycles. The van der Waals surface area contributed by atoms with Crippen LogP contribution in [-0.2, 0) is 48.1 Å². The number of rotatable bonds is 16. The van der Waals surface area contributed by atoms with Gasteiger partial charge in [0.05, 0.1) is 55.9 Å². The molecular weight excluding hydrogens is 589 g/mol. The van der Waals surface area contributed by atoms with Gasteiger partial charge < -0.3 is 28.3 Å². The average Bonchev–Trinajstić information content (AvgIpc) is 3.29. The SMILES string of the molecule is CC1(C)OB([C@@H]2[C@@H](OCc3ccccc3)[C@H](OCc3ccccc3)[C@@H](COCc3ccccc3)O[C@@H]2CCCCCC#N)OC1(C)C. The van der Waals surface area contributed by atoms with Crippen molar-refractivity contribution in [2.75, 3.05) is 6.61 Å². The summed E-state index contributed by atoms with van der Waals surface area (Å²) >= 11 is 0. The summed E-state index contributed by atoms with van der Waals surface area (Å²) in [7, 11) is -0.557. The zero-order chi connectivity index (χ0) is 33.1. The smallest absolute Gasteiger partial charge is 0.403 e. The van der Waals surface area contributed by atoms with Crippen LogP contribution in [-0.4, -0.2) is 49.3 Å². The first kappa shape index (κ1) is 35.3. The molecule has 250 valence electrons. The Morgan fingerprint density at radius 3 is 1.70 bits per heavy atom. The van der Waals surface area contributed by atoms with Crippen molar-refractivity contribution >= 4 is 7.12 Å². The van der Waals surface area contributed by atoms with E-state index in [0.717, 1.165) is 42.4 Å². The number of unbranched alkanes of at least 4 members (excludes halogenated alkanes) is 3. The zero-order valence-corrected chi connectivity index (χ0v) is 28.4. The van der Waals surface area contributed by atoms with Gasteiger partial charge in [-0.25, -0.2) is 0 Å². The first-order chi connectivity index (χ1) is 22.8. The third-order valence-corrected chi connectivity index (χ3v) is 9.68. The molecule has 0 unspecified atom stereocenters. The van der Waals surface area contributed by atoms with Gasteiger partial charge in [0.25, 0.3) is 0 Å². The molecular formula is C39H50BNO6. The molecule has 3 aromatic rings. The highest BCUT2D eigenvalue weighted by Crippen LogP contribution is 2.47. The lowest BCUT2D eigenvalue weighted by atomic mass is 9.61. The molecule has 0 radical (unpaired) electrons. The number of benzene rings is 3. The second-order valence-electron chi connectivity index (χ2n) is 13.7. The molecule has 0 spiro atoms. The first-order valence-corrected chi connectivity index (χ1v) is 17.1. The summed E-state index contributed by atoms with van der Waals surface area (Å²) in [4.78, 5) is 0. The fourth-order valence-corrected chi connectivity index (χ4v) is 6.34. The average molecular weight is 640 g/mol. The molecule has 2 saturated heterocycles. The Morgan fingerprint density at radius 1 is 0.660 bits per heavy atom. The number of hydrogen-bond donors (Lipinski definition) is 0. The molecule has 7 nitrogen and oxygen atoms in total. The van der Waals surface area contributed by atoms with Crippen molar-refractivity contribution in [3.05, 3.63) is 108 Å². The molecule has 0 bridgehead atoms. The molecule has 5 atom stereocenters. The van der Waals surface area contributed by atoms with E-state index >= 15 is 0 Å². The fourth-order valence-electron chi connectivity index (χ4n) is 6.34. The van der Waals surface area contributed by atoms with Gasteiger partial charge in [-0.2, -0.15) is 5.26 Å². The van der Waals surface area contributed by atoms with Crippen LogP contribution in [0.2, 0.25) is 5.82 Å². The second kappa shape index (κ2) is 16.9. The second-order valence-corrected chi connectivity index (χ2v) is 13.7. The maximum absolute atomic E-state index is 9.10. The molecule has 3 aromatic carbocycles. The van der Waals surface area contributed by atoms with Crippen molar-refractivity contribution in [2.24, 2.45) is 0 Å². The van der Waals surface area contributed by atoms with Gasteiger partial charge in [0.2, 0.25) is 0 Å². The zero-order valence-electron chi connectivity index (χ0n) is 28.4. The van der Waals surface area contributed by atoms with Crippen LogP contribution in [0.5, 0.6) is 0 Å². The van der Waals surface area contributed by atoms with Crippen LogP contribution in [0.4, 0.5) is 0 Å². The summed E-state index contributed by atoms with van der Waals surface area (Å²) in [5.74, 6) is -0.262. The number of nitrogens with zero attached hydrogens (tertiary/aromatic N) is 1. The Labute approximate surface area is 281 Å². The lowest BCUT2D eigenvalue weighted by Crippen LogP contribution is -2.59. The molecule has 8 heteroatoms. The van der Waals surface area contributed by atoms with E-state index in [1.807, 2.05) is 54.6 Å². The van der Waals surface area contributed by atoms with Gasteiger partial charge in [0, 0.05) is 12.2 Å². The van der Waals surface area contributed by atoms with Crippen molar-refractivity contribution < 1.29 is 28.3 Å². The summed E-state index contributed by atoms with van der Waals surface area (Å²) in [6.07, 6.45) is 2.60. The molecule has 47 heavy (non-hydrogen) atoms. The Bertz CT molecular complexity index is 1370. The van der Waals surface area contributed by atoms with Gasteiger partial charge >= 0.3 is 7.12 Å². The molecule has 0 aliphatic carbocycles. The number of hydrogen-bond acceptors (Lipinski definition) is 7. The predicted octanol–water partition coefficient (Wildman–Crippen LogP) is 8.08. The van der Waals surface area contributed by atoms with Crippen molar-refractivity contribution in [3.63, 3.8) is 0 Å². The quantitative estimate of drug-likeness (QED) is 0.116. The van der Waals surface area contributed by atoms with Crippen LogP contribution < -0.4 is 0 Å². The van der Waals surface area contributed by atoms with Crippen LogP contribution in [0.25, 0.3) is 0 Å². The summed E-state index contributed by atoms with van der Waals surface area (Å²) in [5.41, 5.74) is 2.22. The standard InChI is InChI=1S/C39H50BNO6/c1-38(2)39(3,4)47-40(46-38)35-33(24-16-5-6-17-25-41)45-34(29-42-26-30-18-10-7-11-19-30)36(43-27-31-20-12-8-13-21-31)37(35)44-28-32-22-14-9-15-23-32/h7-15,18-23,33-37H,5-6,16-17,24,26-29H2,1-4H3/t33-,34-,35+,36-,37-/m1/s1. The molecule has 0 N–H and O–H groups in total. The van der Waals surface area contributed by atoms with Gasteiger partial charge in [-0.3, -0.25) is 0 Å². The minimum atomic E-state index is -0.557. The summed E-state index contributed by atoms with van der Waals surface area (Å²) in [5, 5.41) is 9.10. The monoisotopic (exact) mass is 639 g/mol. The van der Waals surface area contributed by atoms with Gasteiger partial charge in [-0.15, -0.1) is 0 Å². The molecule has 2 aliphatic rings. The maximum atomic E-state index is 9.10. The van der Waals surface area contributed by atoms with E-state index in [-0.39, 0.29) is 18.0 Å². The molecule has 2 fully saturated rings. The summed E-state index contributed by atoms with van der Waals surface area (Å²) < 4.78 is 40.6. The Kier molecular flexibility index (Phi) is 12.7. The normalized spacial score (nSPS) is 25.0. The minimum absolute atomic E-state index is 0.227. The largest absolute Gasteiger partial charge is 0.466 e. The topological polar surface area (TPSA) is 79.2 Å². The lowest BCUT2D eigenvalue weighted by Gasteiger charge is -2.47. The van der Waals surface area contributed by atoms with Gasteiger partial charge in [0.1, 0.15) is 12.2 Å². The predicted molar refractivity (Wildman–Crippen MR) is 183 cm³/mol. The molecule has 0 aromatic heterocycles. The minimum Gasteiger partial charge on any atom is -0.403 e. The fraction of sp³-hybridized carbons (Fsp3) is 0.513.